The number of allylic oxidation sites excluding steroid dienone is 3. The summed E-state index contributed by atoms with van der Waals surface area (Å²) in [5, 5.41) is 19.0. The van der Waals surface area contributed by atoms with E-state index in [1.54, 1.807) is 6.92 Å². The Labute approximate surface area is 79.6 Å². The first-order valence-corrected chi connectivity index (χ1v) is 4.59. The van der Waals surface area contributed by atoms with Crippen molar-refractivity contribution in [3.63, 3.8) is 0 Å². The summed E-state index contributed by atoms with van der Waals surface area (Å²) in [7, 11) is 0. The van der Waals surface area contributed by atoms with Crippen molar-refractivity contribution in [1.29, 1.82) is 0 Å². The Morgan fingerprint density at radius 2 is 2.00 bits per heavy atom. The van der Waals surface area contributed by atoms with Gasteiger partial charge in [-0.2, -0.15) is 0 Å². The molecule has 0 heterocycles. The number of hydrogen-bond donors (Lipinski definition) is 2. The van der Waals surface area contributed by atoms with E-state index in [1.807, 2.05) is 18.2 Å². The van der Waals surface area contributed by atoms with Gasteiger partial charge in [-0.3, -0.25) is 0 Å². The number of aliphatic hydroxyl groups is 2. The number of hydrogen-bond acceptors (Lipinski definition) is 2. The van der Waals surface area contributed by atoms with Gasteiger partial charge >= 0.3 is 0 Å². The summed E-state index contributed by atoms with van der Waals surface area (Å²) in [5.74, 6) is -0.0324. The van der Waals surface area contributed by atoms with E-state index in [-0.39, 0.29) is 17.9 Å². The van der Waals surface area contributed by atoms with E-state index in [0.717, 1.165) is 0 Å². The summed E-state index contributed by atoms with van der Waals surface area (Å²) < 4.78 is 0. The largest absolute Gasteiger partial charge is 0.393 e. The monoisotopic (exact) mass is 182 g/mol. The molecule has 2 N–H and O–H groups in total. The van der Waals surface area contributed by atoms with Gasteiger partial charge in [0.2, 0.25) is 0 Å². The summed E-state index contributed by atoms with van der Waals surface area (Å²) in [4.78, 5) is 0. The molecule has 0 aromatic heterocycles. The molecule has 0 spiro atoms. The predicted molar refractivity (Wildman–Crippen MR) is 53.3 cm³/mol. The van der Waals surface area contributed by atoms with Crippen LogP contribution in [-0.4, -0.2) is 22.4 Å². The minimum Gasteiger partial charge on any atom is -0.393 e. The Morgan fingerprint density at radius 1 is 1.38 bits per heavy atom. The van der Waals surface area contributed by atoms with Crippen LogP contribution in [0.15, 0.2) is 24.3 Å². The van der Waals surface area contributed by atoms with Crippen LogP contribution in [0.25, 0.3) is 0 Å². The Bertz CT molecular complexity index is 236. The molecule has 74 valence electrons. The molecule has 2 atom stereocenters. The molecule has 0 fully saturated rings. The van der Waals surface area contributed by atoms with Crippen LogP contribution in [0.2, 0.25) is 0 Å². The van der Waals surface area contributed by atoms with Crippen LogP contribution in [-0.2, 0) is 0 Å². The van der Waals surface area contributed by atoms with Crippen molar-refractivity contribution in [2.75, 3.05) is 6.61 Å². The van der Waals surface area contributed by atoms with Crippen molar-refractivity contribution in [3.8, 4) is 0 Å². The first kappa shape index (κ1) is 10.5. The zero-order valence-electron chi connectivity index (χ0n) is 8.49. The second-order valence-corrected chi connectivity index (χ2v) is 4.56. The standard InChI is InChI=1S/C11H18O2/c1-10(2)7-5-4-6-9(10)11(3,13)8-12/h4-7,9,12-13H,8H2,1-3H3. The highest BCUT2D eigenvalue weighted by Gasteiger charge is 2.39. The molecule has 0 saturated heterocycles. The third-order valence-electron chi connectivity index (χ3n) is 2.73. The highest BCUT2D eigenvalue weighted by Crippen LogP contribution is 2.39. The first-order valence-electron chi connectivity index (χ1n) is 4.59. The van der Waals surface area contributed by atoms with E-state index in [0.29, 0.717) is 0 Å². The maximum atomic E-state index is 9.95. The maximum absolute atomic E-state index is 9.95. The van der Waals surface area contributed by atoms with Crippen LogP contribution in [0.5, 0.6) is 0 Å². The Morgan fingerprint density at radius 3 is 2.46 bits per heavy atom. The van der Waals surface area contributed by atoms with Gasteiger partial charge in [0.15, 0.2) is 0 Å². The van der Waals surface area contributed by atoms with Crippen molar-refractivity contribution < 1.29 is 10.2 Å². The van der Waals surface area contributed by atoms with E-state index < -0.39 is 5.60 Å². The zero-order chi connectivity index (χ0) is 10.1. The average molecular weight is 182 g/mol. The summed E-state index contributed by atoms with van der Waals surface area (Å²) in [6.45, 7) is 5.58. The van der Waals surface area contributed by atoms with Crippen LogP contribution in [0.1, 0.15) is 20.8 Å². The van der Waals surface area contributed by atoms with E-state index >= 15 is 0 Å². The van der Waals surface area contributed by atoms with Crippen molar-refractivity contribution >= 4 is 0 Å². The molecule has 0 bridgehead atoms. The second kappa shape index (κ2) is 3.28. The fraction of sp³-hybridized carbons (Fsp3) is 0.636. The molecule has 2 nitrogen and oxygen atoms in total. The van der Waals surface area contributed by atoms with Crippen molar-refractivity contribution in [2.45, 2.75) is 26.4 Å². The van der Waals surface area contributed by atoms with Gasteiger partial charge in [-0.1, -0.05) is 38.2 Å². The second-order valence-electron chi connectivity index (χ2n) is 4.56. The van der Waals surface area contributed by atoms with Crippen LogP contribution in [0.3, 0.4) is 0 Å². The first-order chi connectivity index (χ1) is 5.90. The highest BCUT2D eigenvalue weighted by molar-refractivity contribution is 5.21. The Balaban J connectivity index is 2.92. The molecule has 2 unspecified atom stereocenters. The quantitative estimate of drug-likeness (QED) is 0.679. The molecule has 1 rings (SSSR count). The Hall–Kier alpha value is -0.600. The third-order valence-corrected chi connectivity index (χ3v) is 2.73. The van der Waals surface area contributed by atoms with Gasteiger partial charge in [0.05, 0.1) is 12.2 Å². The van der Waals surface area contributed by atoms with E-state index in [4.69, 9.17) is 5.11 Å². The smallest absolute Gasteiger partial charge is 0.0919 e. The summed E-state index contributed by atoms with van der Waals surface area (Å²) in [6, 6.07) is 0. The fourth-order valence-electron chi connectivity index (χ4n) is 1.94. The SMILES string of the molecule is CC1(C)C=CC=CC1C(C)(O)CO. The van der Waals surface area contributed by atoms with Gasteiger partial charge in [0, 0.05) is 5.92 Å². The number of aliphatic hydroxyl groups excluding tert-OH is 1. The maximum Gasteiger partial charge on any atom is 0.0919 e. The minimum absolute atomic E-state index is 0.0324. The average Bonchev–Trinajstić information content (AvgIpc) is 2.03. The van der Waals surface area contributed by atoms with Crippen LogP contribution in [0.4, 0.5) is 0 Å². The van der Waals surface area contributed by atoms with Crippen LogP contribution in [0, 0.1) is 11.3 Å². The molecule has 13 heavy (non-hydrogen) atoms. The summed E-state index contributed by atoms with van der Waals surface area (Å²) >= 11 is 0. The van der Waals surface area contributed by atoms with E-state index in [9.17, 15) is 5.11 Å². The molecule has 0 saturated carbocycles. The van der Waals surface area contributed by atoms with Gasteiger partial charge in [-0.15, -0.1) is 0 Å². The molecule has 0 aromatic carbocycles. The zero-order valence-corrected chi connectivity index (χ0v) is 8.49. The van der Waals surface area contributed by atoms with Crippen molar-refractivity contribution in [1.82, 2.24) is 0 Å². The fourth-order valence-corrected chi connectivity index (χ4v) is 1.94. The lowest BCUT2D eigenvalue weighted by molar-refractivity contribution is -0.0578. The highest BCUT2D eigenvalue weighted by atomic mass is 16.3. The van der Waals surface area contributed by atoms with Crippen molar-refractivity contribution in [3.05, 3.63) is 24.3 Å². The van der Waals surface area contributed by atoms with Gasteiger partial charge < -0.3 is 10.2 Å². The molecule has 1 aliphatic carbocycles. The number of rotatable bonds is 2. The molecule has 0 radical (unpaired) electrons. The summed E-state index contributed by atoms with van der Waals surface area (Å²) in [5.41, 5.74) is -1.13. The van der Waals surface area contributed by atoms with Gasteiger partial charge in [-0.25, -0.2) is 0 Å². The third kappa shape index (κ3) is 2.01. The molecule has 0 aliphatic heterocycles. The molecular formula is C11H18O2. The molecular weight excluding hydrogens is 164 g/mol. The Kier molecular flexibility index (Phi) is 2.64. The lowest BCUT2D eigenvalue weighted by atomic mass is 9.68. The van der Waals surface area contributed by atoms with Gasteiger partial charge in [0.25, 0.3) is 0 Å². The normalized spacial score (nSPS) is 30.1. The van der Waals surface area contributed by atoms with Crippen LogP contribution >= 0.6 is 0 Å². The lowest BCUT2D eigenvalue weighted by Crippen LogP contribution is -2.45. The molecule has 0 aromatic rings. The van der Waals surface area contributed by atoms with Gasteiger partial charge in [-0.05, 0) is 12.3 Å². The van der Waals surface area contributed by atoms with E-state index in [2.05, 4.69) is 19.9 Å². The topological polar surface area (TPSA) is 40.5 Å². The molecule has 0 amide bonds. The minimum atomic E-state index is -1.04. The molecule has 1 aliphatic rings. The summed E-state index contributed by atoms with van der Waals surface area (Å²) in [6.07, 6.45) is 7.90. The van der Waals surface area contributed by atoms with Crippen LogP contribution < -0.4 is 0 Å². The van der Waals surface area contributed by atoms with E-state index in [1.165, 1.54) is 0 Å². The predicted octanol–water partition coefficient (Wildman–Crippen LogP) is 1.50. The molecule has 2 heteroatoms. The van der Waals surface area contributed by atoms with Gasteiger partial charge in [0.1, 0.15) is 0 Å². The lowest BCUT2D eigenvalue weighted by Gasteiger charge is -2.40. The van der Waals surface area contributed by atoms with Crippen molar-refractivity contribution in [2.24, 2.45) is 11.3 Å².